The second kappa shape index (κ2) is 6.38. The van der Waals surface area contributed by atoms with Gasteiger partial charge in [-0.1, -0.05) is 0 Å². The Hall–Kier alpha value is -1.33. The molecule has 0 heterocycles. The van der Waals surface area contributed by atoms with E-state index in [1.807, 2.05) is 6.92 Å². The number of amides is 1. The van der Waals surface area contributed by atoms with E-state index in [1.54, 1.807) is 0 Å². The van der Waals surface area contributed by atoms with Crippen LogP contribution in [0.1, 0.15) is 19.8 Å². The lowest BCUT2D eigenvalue weighted by molar-refractivity contribution is -0.757. The van der Waals surface area contributed by atoms with Gasteiger partial charge < -0.3 is 10.2 Å². The molecule has 0 radical (unpaired) electrons. The fourth-order valence-electron chi connectivity index (χ4n) is 0.657. The Morgan fingerprint density at radius 2 is 2.33 bits per heavy atom. The maximum absolute atomic E-state index is 10.8. The molecule has 0 saturated heterocycles. The van der Waals surface area contributed by atoms with Crippen LogP contribution < -0.4 is 5.32 Å². The van der Waals surface area contributed by atoms with Crippen LogP contribution in [0.25, 0.3) is 0 Å². The minimum Gasteiger partial charge on any atom is -0.356 e. The summed E-state index contributed by atoms with van der Waals surface area (Å²) in [7, 11) is 0. The summed E-state index contributed by atoms with van der Waals surface area (Å²) in [6.07, 6.45) is 0.633. The molecule has 0 rings (SSSR count). The molecule has 0 spiro atoms. The van der Waals surface area contributed by atoms with E-state index >= 15 is 0 Å². The summed E-state index contributed by atoms with van der Waals surface area (Å²) >= 11 is 0. The number of nitrogens with one attached hydrogen (secondary N) is 1. The molecule has 6 nitrogen and oxygen atoms in total. The van der Waals surface area contributed by atoms with Crippen molar-refractivity contribution < 1.29 is 14.7 Å². The Labute approximate surface area is 70.0 Å². The molecule has 1 N–H and O–H groups in total. The first-order chi connectivity index (χ1) is 5.66. The van der Waals surface area contributed by atoms with Crippen molar-refractivity contribution in [2.45, 2.75) is 19.8 Å². The molecule has 0 aliphatic carbocycles. The number of nitrogens with zero attached hydrogens (tertiary/aromatic N) is 1. The molecule has 0 aliphatic rings. The zero-order chi connectivity index (χ0) is 9.40. The van der Waals surface area contributed by atoms with Crippen LogP contribution in [0, 0.1) is 10.1 Å². The van der Waals surface area contributed by atoms with Crippen LogP contribution in [-0.4, -0.2) is 24.1 Å². The van der Waals surface area contributed by atoms with Crippen molar-refractivity contribution in [2.24, 2.45) is 0 Å². The first kappa shape index (κ1) is 10.7. The molecule has 0 saturated carbocycles. The van der Waals surface area contributed by atoms with Crippen molar-refractivity contribution in [3.8, 4) is 0 Å². The zero-order valence-corrected chi connectivity index (χ0v) is 6.91. The molecule has 0 fully saturated rings. The smallest absolute Gasteiger partial charge is 0.294 e. The zero-order valence-electron chi connectivity index (χ0n) is 6.91. The molecule has 6 heteroatoms. The van der Waals surface area contributed by atoms with Gasteiger partial charge in [0, 0.05) is 13.0 Å². The van der Waals surface area contributed by atoms with Gasteiger partial charge in [-0.25, -0.2) is 0 Å². The van der Waals surface area contributed by atoms with Crippen LogP contribution in [0.3, 0.4) is 0 Å². The number of rotatable bonds is 6. The lowest BCUT2D eigenvalue weighted by atomic mass is 10.3. The first-order valence-corrected chi connectivity index (χ1v) is 3.70. The predicted molar refractivity (Wildman–Crippen MR) is 40.9 cm³/mol. The third-order valence-electron chi connectivity index (χ3n) is 1.12. The van der Waals surface area contributed by atoms with Crippen LogP contribution >= 0.6 is 0 Å². The Balaban J connectivity index is 3.19. The highest BCUT2D eigenvalue weighted by Gasteiger charge is 1.99. The first-order valence-electron chi connectivity index (χ1n) is 3.70. The minimum atomic E-state index is -0.863. The van der Waals surface area contributed by atoms with E-state index in [9.17, 15) is 14.9 Å². The molecule has 0 aromatic rings. The van der Waals surface area contributed by atoms with Gasteiger partial charge in [-0.05, 0) is 13.3 Å². The molecule has 0 aromatic heterocycles. The Kier molecular flexibility index (Phi) is 5.68. The lowest BCUT2D eigenvalue weighted by Gasteiger charge is -2.00. The molecule has 0 unspecified atom stereocenters. The standard InChI is InChI=1S/C6H12N2O4/c1-2-7-6(9)4-3-5-12-8(10)11/h2-5H2,1H3,(H,7,9). The maximum Gasteiger partial charge on any atom is 0.294 e. The fourth-order valence-corrected chi connectivity index (χ4v) is 0.657. The summed E-state index contributed by atoms with van der Waals surface area (Å²) in [5.41, 5.74) is 0. The summed E-state index contributed by atoms with van der Waals surface area (Å²) in [6.45, 7) is 2.37. The van der Waals surface area contributed by atoms with Crippen molar-refractivity contribution in [3.05, 3.63) is 10.1 Å². The number of hydrogen-bond donors (Lipinski definition) is 1. The van der Waals surface area contributed by atoms with E-state index in [0.717, 1.165) is 0 Å². The predicted octanol–water partition coefficient (Wildman–Crippen LogP) is 0.111. The number of carbonyl (C=O) groups excluding carboxylic acids is 1. The summed E-state index contributed by atoms with van der Waals surface area (Å²) in [5.74, 6) is -0.107. The van der Waals surface area contributed by atoms with Gasteiger partial charge in [-0.15, -0.1) is 10.1 Å². The van der Waals surface area contributed by atoms with Crippen LogP contribution in [0.2, 0.25) is 0 Å². The van der Waals surface area contributed by atoms with Crippen molar-refractivity contribution in [1.82, 2.24) is 5.32 Å². The molecule has 0 aromatic carbocycles. The molecule has 0 bridgehead atoms. The SMILES string of the molecule is CCNC(=O)CCCO[N+](=O)[O-]. The molecule has 0 aliphatic heterocycles. The van der Waals surface area contributed by atoms with Crippen molar-refractivity contribution >= 4 is 5.91 Å². The minimum absolute atomic E-state index is 0.0237. The van der Waals surface area contributed by atoms with Crippen molar-refractivity contribution in [1.29, 1.82) is 0 Å². The van der Waals surface area contributed by atoms with Gasteiger partial charge in [0.15, 0.2) is 0 Å². The molecular weight excluding hydrogens is 164 g/mol. The Morgan fingerprint density at radius 1 is 1.67 bits per heavy atom. The summed E-state index contributed by atoms with van der Waals surface area (Å²) < 4.78 is 0. The topological polar surface area (TPSA) is 81.5 Å². The van der Waals surface area contributed by atoms with Gasteiger partial charge in [-0.3, -0.25) is 4.79 Å². The maximum atomic E-state index is 10.8. The normalized spacial score (nSPS) is 9.08. The van der Waals surface area contributed by atoms with E-state index < -0.39 is 5.09 Å². The largest absolute Gasteiger partial charge is 0.356 e. The average Bonchev–Trinajstić information content (AvgIpc) is 1.98. The third-order valence-corrected chi connectivity index (χ3v) is 1.12. The molecule has 1 amide bonds. The van der Waals surface area contributed by atoms with Crippen LogP contribution in [0.15, 0.2) is 0 Å². The van der Waals surface area contributed by atoms with Gasteiger partial charge in [0.05, 0.1) is 6.61 Å². The van der Waals surface area contributed by atoms with Crippen LogP contribution in [-0.2, 0) is 9.63 Å². The Morgan fingerprint density at radius 3 is 2.83 bits per heavy atom. The number of carbonyl (C=O) groups is 1. The van der Waals surface area contributed by atoms with E-state index in [0.29, 0.717) is 13.0 Å². The van der Waals surface area contributed by atoms with Gasteiger partial charge in [0.1, 0.15) is 0 Å². The second-order valence-electron chi connectivity index (χ2n) is 2.11. The molecule has 70 valence electrons. The van der Waals surface area contributed by atoms with Gasteiger partial charge >= 0.3 is 0 Å². The van der Waals surface area contributed by atoms with Crippen molar-refractivity contribution in [3.63, 3.8) is 0 Å². The fraction of sp³-hybridized carbons (Fsp3) is 0.833. The summed E-state index contributed by atoms with van der Waals surface area (Å²) in [5, 5.41) is 11.4. The second-order valence-corrected chi connectivity index (χ2v) is 2.11. The average molecular weight is 176 g/mol. The monoisotopic (exact) mass is 176 g/mol. The Bertz CT molecular complexity index is 160. The van der Waals surface area contributed by atoms with E-state index in [1.165, 1.54) is 0 Å². The highest BCUT2D eigenvalue weighted by atomic mass is 16.9. The summed E-state index contributed by atoms with van der Waals surface area (Å²) in [4.78, 5) is 24.4. The summed E-state index contributed by atoms with van der Waals surface area (Å²) in [6, 6.07) is 0. The van der Waals surface area contributed by atoms with Crippen LogP contribution in [0.5, 0.6) is 0 Å². The number of hydrogen-bond acceptors (Lipinski definition) is 4. The van der Waals surface area contributed by atoms with Gasteiger partial charge in [-0.2, -0.15) is 0 Å². The van der Waals surface area contributed by atoms with Gasteiger partial charge in [0.25, 0.3) is 5.09 Å². The highest BCUT2D eigenvalue weighted by molar-refractivity contribution is 5.75. The van der Waals surface area contributed by atoms with Gasteiger partial charge in [0.2, 0.25) is 5.91 Å². The van der Waals surface area contributed by atoms with Crippen LogP contribution in [0.4, 0.5) is 0 Å². The quantitative estimate of drug-likeness (QED) is 0.354. The lowest BCUT2D eigenvalue weighted by Crippen LogP contribution is -2.22. The van der Waals surface area contributed by atoms with E-state index in [-0.39, 0.29) is 18.9 Å². The third kappa shape index (κ3) is 6.79. The van der Waals surface area contributed by atoms with E-state index in [2.05, 4.69) is 10.2 Å². The molecule has 0 atom stereocenters. The highest BCUT2D eigenvalue weighted by Crippen LogP contribution is 1.89. The van der Waals surface area contributed by atoms with Crippen molar-refractivity contribution in [2.75, 3.05) is 13.2 Å². The van der Waals surface area contributed by atoms with E-state index in [4.69, 9.17) is 0 Å². The molecule has 12 heavy (non-hydrogen) atoms. The molecular formula is C6H12N2O4.